The Bertz CT molecular complexity index is 1320. The summed E-state index contributed by atoms with van der Waals surface area (Å²) in [6.07, 6.45) is 5.39. The van der Waals surface area contributed by atoms with E-state index in [0.29, 0.717) is 22.2 Å². The Kier molecular flexibility index (Phi) is 5.26. The van der Waals surface area contributed by atoms with Gasteiger partial charge < -0.3 is 5.32 Å². The number of nitrogens with one attached hydrogen (secondary N) is 2. The number of sulfonamides is 1. The Balaban J connectivity index is 1.49. The molecule has 3 aromatic carbocycles. The first kappa shape index (κ1) is 21.1. The predicted octanol–water partition coefficient (Wildman–Crippen LogP) is 6.58. The van der Waals surface area contributed by atoms with Crippen LogP contribution in [0.4, 0.5) is 11.4 Å². The fourth-order valence-corrected chi connectivity index (χ4v) is 6.10. The summed E-state index contributed by atoms with van der Waals surface area (Å²) in [5.74, 6) is 0.534. The number of rotatable bonds is 4. The van der Waals surface area contributed by atoms with Crippen molar-refractivity contribution in [2.24, 2.45) is 5.92 Å². The van der Waals surface area contributed by atoms with E-state index < -0.39 is 10.0 Å². The second-order valence-corrected chi connectivity index (χ2v) is 10.7. The minimum atomic E-state index is -3.75. The third kappa shape index (κ3) is 3.70. The molecule has 2 N–H and O–H groups in total. The van der Waals surface area contributed by atoms with Crippen molar-refractivity contribution < 1.29 is 8.42 Å². The van der Waals surface area contributed by atoms with Gasteiger partial charge >= 0.3 is 0 Å². The van der Waals surface area contributed by atoms with Gasteiger partial charge in [0.25, 0.3) is 10.0 Å². The molecule has 0 spiro atoms. The lowest BCUT2D eigenvalue weighted by Crippen LogP contribution is -2.29. The molecule has 0 unspecified atom stereocenters. The molecule has 32 heavy (non-hydrogen) atoms. The number of halogens is 1. The molecule has 0 fully saturated rings. The topological polar surface area (TPSA) is 58.2 Å². The Morgan fingerprint density at radius 1 is 1.03 bits per heavy atom. The lowest BCUT2D eigenvalue weighted by atomic mass is 9.77. The molecular formula is C26H25ClN2O2S. The average molecular weight is 465 g/mol. The van der Waals surface area contributed by atoms with E-state index in [1.807, 2.05) is 12.1 Å². The van der Waals surface area contributed by atoms with Gasteiger partial charge in [-0.1, -0.05) is 59.6 Å². The molecule has 164 valence electrons. The highest BCUT2D eigenvalue weighted by atomic mass is 35.5. The molecule has 0 radical (unpaired) electrons. The van der Waals surface area contributed by atoms with Crippen LogP contribution in [0.25, 0.3) is 0 Å². The van der Waals surface area contributed by atoms with E-state index in [9.17, 15) is 8.42 Å². The number of aryl methyl sites for hydroxylation is 1. The van der Waals surface area contributed by atoms with E-state index in [0.717, 1.165) is 17.7 Å². The monoisotopic (exact) mass is 464 g/mol. The summed E-state index contributed by atoms with van der Waals surface area (Å²) in [4.78, 5) is 0.255. The lowest BCUT2D eigenvalue weighted by Gasteiger charge is -2.37. The summed E-state index contributed by atoms with van der Waals surface area (Å²) in [6.45, 7) is 3.89. The standard InChI is InChI=1S/C26H25ClN2O2S/c1-16-9-11-18(12-10-16)26-21-6-3-5-20(21)22-15-19(13-14-25(22)28-26)32(30,31)29-24-8-4-7-23(27)17(24)2/h3-5,7-15,20-21,26,28-29H,6H2,1-2H3/t20-,21+,26+/m1/s1. The van der Waals surface area contributed by atoms with Crippen LogP contribution in [0.3, 0.4) is 0 Å². The minimum Gasteiger partial charge on any atom is -0.378 e. The van der Waals surface area contributed by atoms with Crippen LogP contribution in [0, 0.1) is 19.8 Å². The van der Waals surface area contributed by atoms with Gasteiger partial charge in [-0.15, -0.1) is 0 Å². The van der Waals surface area contributed by atoms with Gasteiger partial charge in [0.2, 0.25) is 0 Å². The highest BCUT2D eigenvalue weighted by Gasteiger charge is 2.38. The van der Waals surface area contributed by atoms with Gasteiger partial charge in [0.1, 0.15) is 0 Å². The molecule has 0 bridgehead atoms. The summed E-state index contributed by atoms with van der Waals surface area (Å²) in [6, 6.07) is 19.4. The summed E-state index contributed by atoms with van der Waals surface area (Å²) in [7, 11) is -3.75. The van der Waals surface area contributed by atoms with E-state index >= 15 is 0 Å². The van der Waals surface area contributed by atoms with Crippen molar-refractivity contribution in [2.75, 3.05) is 10.0 Å². The molecule has 0 saturated carbocycles. The number of hydrogen-bond donors (Lipinski definition) is 2. The van der Waals surface area contributed by atoms with Crippen molar-refractivity contribution in [3.63, 3.8) is 0 Å². The van der Waals surface area contributed by atoms with Crippen LogP contribution >= 0.6 is 11.6 Å². The largest absolute Gasteiger partial charge is 0.378 e. The van der Waals surface area contributed by atoms with E-state index in [1.165, 1.54) is 11.1 Å². The normalized spacial score (nSPS) is 21.5. The van der Waals surface area contributed by atoms with Crippen molar-refractivity contribution in [3.05, 3.63) is 100 Å². The molecule has 3 aromatic rings. The molecular weight excluding hydrogens is 440 g/mol. The Labute approximate surface area is 194 Å². The molecule has 0 aromatic heterocycles. The summed E-state index contributed by atoms with van der Waals surface area (Å²) in [5, 5.41) is 4.21. The highest BCUT2D eigenvalue weighted by molar-refractivity contribution is 7.92. The fraction of sp³-hybridized carbons (Fsp3) is 0.231. The molecule has 6 heteroatoms. The van der Waals surface area contributed by atoms with E-state index in [1.54, 1.807) is 31.2 Å². The average Bonchev–Trinajstić information content (AvgIpc) is 3.27. The zero-order valence-electron chi connectivity index (χ0n) is 18.0. The van der Waals surface area contributed by atoms with Gasteiger partial charge in [-0.25, -0.2) is 8.42 Å². The Morgan fingerprint density at radius 2 is 1.81 bits per heavy atom. The molecule has 4 nitrogen and oxygen atoms in total. The van der Waals surface area contributed by atoms with Gasteiger partial charge in [-0.3, -0.25) is 4.72 Å². The van der Waals surface area contributed by atoms with Crippen LogP contribution < -0.4 is 10.0 Å². The van der Waals surface area contributed by atoms with Gasteiger partial charge in [-0.2, -0.15) is 0 Å². The molecule has 1 aliphatic heterocycles. The van der Waals surface area contributed by atoms with Crippen LogP contribution in [0.15, 0.2) is 77.7 Å². The van der Waals surface area contributed by atoms with Crippen LogP contribution in [-0.4, -0.2) is 8.42 Å². The first-order valence-electron chi connectivity index (χ1n) is 10.7. The maximum atomic E-state index is 13.2. The molecule has 2 aliphatic rings. The van der Waals surface area contributed by atoms with Crippen molar-refractivity contribution in [1.82, 2.24) is 0 Å². The van der Waals surface area contributed by atoms with Crippen LogP contribution in [-0.2, 0) is 10.0 Å². The summed E-state index contributed by atoms with van der Waals surface area (Å²) >= 11 is 6.17. The van der Waals surface area contributed by atoms with Gasteiger partial charge in [0.05, 0.1) is 16.6 Å². The quantitative estimate of drug-likeness (QED) is 0.428. The van der Waals surface area contributed by atoms with Crippen molar-refractivity contribution in [2.45, 2.75) is 37.1 Å². The Hall–Kier alpha value is -2.76. The predicted molar refractivity (Wildman–Crippen MR) is 131 cm³/mol. The van der Waals surface area contributed by atoms with Crippen molar-refractivity contribution in [3.8, 4) is 0 Å². The number of benzene rings is 3. The first-order chi connectivity index (χ1) is 15.3. The number of allylic oxidation sites excluding steroid dienone is 2. The summed E-state index contributed by atoms with van der Waals surface area (Å²) < 4.78 is 29.0. The molecule has 1 aliphatic carbocycles. The van der Waals surface area contributed by atoms with E-state index in [2.05, 4.69) is 53.4 Å². The van der Waals surface area contributed by atoms with Gasteiger partial charge in [-0.05, 0) is 73.2 Å². The second kappa shape index (κ2) is 7.98. The maximum Gasteiger partial charge on any atom is 0.261 e. The SMILES string of the molecule is Cc1ccc([C@@H]2Nc3ccc(S(=O)(=O)Nc4cccc(Cl)c4C)cc3[C@@H]3C=CC[C@@H]32)cc1. The lowest BCUT2D eigenvalue weighted by molar-refractivity contribution is 0.425. The van der Waals surface area contributed by atoms with E-state index in [4.69, 9.17) is 11.6 Å². The molecule has 5 rings (SSSR count). The Morgan fingerprint density at radius 3 is 2.59 bits per heavy atom. The zero-order chi connectivity index (χ0) is 22.5. The zero-order valence-corrected chi connectivity index (χ0v) is 19.5. The molecule has 0 amide bonds. The van der Waals surface area contributed by atoms with Gasteiger partial charge in [0, 0.05) is 16.6 Å². The van der Waals surface area contributed by atoms with E-state index in [-0.39, 0.29) is 16.9 Å². The maximum absolute atomic E-state index is 13.2. The highest BCUT2D eigenvalue weighted by Crippen LogP contribution is 2.50. The number of anilines is 2. The van der Waals surface area contributed by atoms with Crippen LogP contribution in [0.1, 0.15) is 40.6 Å². The smallest absolute Gasteiger partial charge is 0.261 e. The minimum absolute atomic E-state index is 0.181. The van der Waals surface area contributed by atoms with Crippen LogP contribution in [0.2, 0.25) is 5.02 Å². The second-order valence-electron chi connectivity index (χ2n) is 8.65. The van der Waals surface area contributed by atoms with Crippen LogP contribution in [0.5, 0.6) is 0 Å². The number of hydrogen-bond acceptors (Lipinski definition) is 3. The number of fused-ring (bicyclic) bond motifs is 3. The van der Waals surface area contributed by atoms with Gasteiger partial charge in [0.15, 0.2) is 0 Å². The first-order valence-corrected chi connectivity index (χ1v) is 12.6. The third-order valence-corrected chi connectivity index (χ3v) is 8.37. The van der Waals surface area contributed by atoms with Crippen molar-refractivity contribution in [1.29, 1.82) is 0 Å². The molecule has 0 saturated heterocycles. The van der Waals surface area contributed by atoms with Crippen molar-refractivity contribution >= 4 is 33.0 Å². The molecule has 1 heterocycles. The third-order valence-electron chi connectivity index (χ3n) is 6.59. The summed E-state index contributed by atoms with van der Waals surface area (Å²) in [5.41, 5.74) is 5.71. The molecule has 3 atom stereocenters. The fourth-order valence-electron chi connectivity index (χ4n) is 4.77.